The van der Waals surface area contributed by atoms with Crippen LogP contribution in [0.4, 0.5) is 0 Å². The third-order valence-corrected chi connectivity index (χ3v) is 16.0. The van der Waals surface area contributed by atoms with E-state index in [0.29, 0.717) is 35.8 Å². The van der Waals surface area contributed by atoms with Gasteiger partial charge < -0.3 is 30.1 Å². The Labute approximate surface area is 228 Å². The zero-order valence-corrected chi connectivity index (χ0v) is 27.1. The summed E-state index contributed by atoms with van der Waals surface area (Å²) in [5.74, 6) is -0.951. The van der Waals surface area contributed by atoms with Gasteiger partial charge in [0, 0.05) is 0 Å². The number of nitrogens with zero attached hydrogens (tertiary/aromatic N) is 4. The third kappa shape index (κ3) is 13.3. The number of hydrogen-bond donors (Lipinski definition) is 0. The predicted octanol–water partition coefficient (Wildman–Crippen LogP) is 7.71. The van der Waals surface area contributed by atoms with Crippen LogP contribution in [0, 0.1) is 0 Å². The number of carbonyl (C=O) groups excluding carboxylic acids is 2. The van der Waals surface area contributed by atoms with Crippen LogP contribution in [0.2, 0.25) is 0 Å². The predicted molar refractivity (Wildman–Crippen MR) is 153 cm³/mol. The molecule has 0 rings (SSSR count). The van der Waals surface area contributed by atoms with Gasteiger partial charge in [-0.3, -0.25) is 0 Å². The molecule has 8 nitrogen and oxygen atoms in total. The first kappa shape index (κ1) is 37.0. The average Bonchev–Trinajstić information content (AvgIpc) is 2.74. The minimum absolute atomic E-state index is 0.194. The first-order valence-corrected chi connectivity index (χ1v) is 18.9. The molecule has 0 bridgehead atoms. The van der Waals surface area contributed by atoms with Gasteiger partial charge in [-0.2, -0.15) is 0 Å². The van der Waals surface area contributed by atoms with Crippen LogP contribution >= 0.6 is 35.0 Å². The van der Waals surface area contributed by atoms with Gasteiger partial charge in [0.2, 0.25) is 0 Å². The Morgan fingerprint density at radius 1 is 0.743 bits per heavy atom. The molecule has 0 saturated carbocycles. The summed E-state index contributed by atoms with van der Waals surface area (Å²) in [7, 11) is 5.71. The van der Waals surface area contributed by atoms with Gasteiger partial charge in [-0.1, -0.05) is 0 Å². The van der Waals surface area contributed by atoms with Crippen molar-refractivity contribution in [1.82, 2.24) is 0 Å². The van der Waals surface area contributed by atoms with Crippen LogP contribution in [-0.4, -0.2) is 72.5 Å². The molecule has 208 valence electrons. The van der Waals surface area contributed by atoms with Crippen molar-refractivity contribution in [2.75, 3.05) is 25.5 Å². The van der Waals surface area contributed by atoms with Crippen LogP contribution in [0.5, 0.6) is 0 Å². The fourth-order valence-corrected chi connectivity index (χ4v) is 12.3. The molecule has 0 radical (unpaired) electrons. The molecule has 0 aliphatic heterocycles. The molecule has 0 aromatic heterocycles. The van der Waals surface area contributed by atoms with Crippen LogP contribution in [0.3, 0.4) is 0 Å². The summed E-state index contributed by atoms with van der Waals surface area (Å²) in [6.45, 7) is 21.6. The normalized spacial score (nSPS) is 12.6. The monoisotopic (exact) mass is 616 g/mol. The van der Waals surface area contributed by atoms with Gasteiger partial charge in [-0.25, -0.2) is 9.59 Å². The third-order valence-electron chi connectivity index (χ3n) is 5.73. The molecule has 0 aliphatic carbocycles. The topological polar surface area (TPSA) is 106 Å². The summed E-state index contributed by atoms with van der Waals surface area (Å²) in [4.78, 5) is 23.4. The Morgan fingerprint density at radius 3 is 1.20 bits per heavy atom. The molecule has 0 aromatic carbocycles. The average molecular weight is 617 g/mol. The molecule has 0 atom stereocenters. The number of ether oxygens (including phenoxy) is 2. The van der Waals surface area contributed by atoms with Crippen LogP contribution in [0.25, 0.3) is 10.4 Å². The Morgan fingerprint density at radius 2 is 1.00 bits per heavy atom. The summed E-state index contributed by atoms with van der Waals surface area (Å²) in [5, 5.41) is 17.9. The van der Waals surface area contributed by atoms with Crippen molar-refractivity contribution in [1.29, 1.82) is 0 Å². The van der Waals surface area contributed by atoms with E-state index in [1.165, 1.54) is 12.4 Å². The van der Waals surface area contributed by atoms with Crippen LogP contribution in [0.1, 0.15) is 69.2 Å². The summed E-state index contributed by atoms with van der Waals surface area (Å²) < 4.78 is 9.87. The van der Waals surface area contributed by atoms with Crippen molar-refractivity contribution in [3.05, 3.63) is 10.4 Å². The van der Waals surface area contributed by atoms with E-state index in [9.17, 15) is 9.59 Å². The van der Waals surface area contributed by atoms with Gasteiger partial charge >= 0.3 is 45.3 Å². The maximum absolute atomic E-state index is 11.7. The number of rotatable bonds is 15. The Kier molecular flexibility index (Phi) is 21.0. The van der Waals surface area contributed by atoms with Gasteiger partial charge in [0.1, 0.15) is 0 Å². The van der Waals surface area contributed by atoms with Gasteiger partial charge in [-0.15, -0.1) is 0 Å². The van der Waals surface area contributed by atoms with Crippen LogP contribution in [-0.2, 0) is 32.2 Å². The van der Waals surface area contributed by atoms with E-state index in [1.807, 2.05) is 0 Å². The van der Waals surface area contributed by atoms with E-state index in [4.69, 9.17) is 40.1 Å². The SMILES string of the molecule is CCOC(=O)/C=N/[N-][P+](CC[P+]([N-]/N=C/C(=O)OCC)(C(C)C)C(C)C)(C(C)C)C(C)C.[Cl][Fe][Cl]. The molecular weight excluding hydrogens is 573 g/mol. The molecule has 0 amide bonds. The number of carbonyl (C=O) groups is 2. The first-order chi connectivity index (χ1) is 16.3. The standard InChI is InChI=1S/C22H44N4O4P2.2ClH.Fe/c1-11-29-21(27)15-23-25-31(17(3)4,18(5)6)13-14-32(19(7)8,20(9)10)26-24-16-22(28)30-12-2;;;/h15-20H,11-14H2,1-10H3;2*1H;/q;;;+2/p-2/b23-15+,24-16+;;;. The summed E-state index contributed by atoms with van der Waals surface area (Å²) in [5.41, 5.74) is 1.24. The molecule has 0 saturated heterocycles. The Bertz CT molecular complexity index is 599. The van der Waals surface area contributed by atoms with E-state index < -0.39 is 26.8 Å². The summed E-state index contributed by atoms with van der Waals surface area (Å²) in [6.07, 6.45) is 4.07. The van der Waals surface area contributed by atoms with E-state index in [2.05, 4.69) is 65.6 Å². The number of esters is 2. The second-order valence-electron chi connectivity index (χ2n) is 8.82. The molecule has 0 unspecified atom stereocenters. The molecule has 13 heteroatoms. The van der Waals surface area contributed by atoms with Crippen molar-refractivity contribution in [3.63, 3.8) is 0 Å². The van der Waals surface area contributed by atoms with Gasteiger partial charge in [0.05, 0.1) is 60.6 Å². The van der Waals surface area contributed by atoms with Gasteiger partial charge in [0.15, 0.2) is 0 Å². The van der Waals surface area contributed by atoms with Crippen molar-refractivity contribution in [3.8, 4) is 0 Å². The van der Waals surface area contributed by atoms with Gasteiger partial charge in [-0.05, 0) is 84.1 Å². The number of hydrogen-bond acceptors (Lipinski definition) is 6. The molecule has 0 heterocycles. The Balaban J connectivity index is 0. The van der Waals surface area contributed by atoms with E-state index >= 15 is 0 Å². The molecule has 0 N–H and O–H groups in total. The summed E-state index contributed by atoms with van der Waals surface area (Å²) >= 11 is 0.194. The molecule has 35 heavy (non-hydrogen) atoms. The quantitative estimate of drug-likeness (QED) is 0.0617. The molecule has 0 fully saturated rings. The number of halogens is 2. The summed E-state index contributed by atoms with van der Waals surface area (Å²) in [6, 6.07) is 0. The van der Waals surface area contributed by atoms with Crippen molar-refractivity contribution >= 4 is 59.4 Å². The van der Waals surface area contributed by atoms with E-state index in [0.717, 1.165) is 12.3 Å². The molecule has 0 aliphatic rings. The second kappa shape index (κ2) is 19.9. The molecule has 0 spiro atoms. The van der Waals surface area contributed by atoms with Crippen molar-refractivity contribution in [2.24, 2.45) is 10.2 Å². The minimum atomic E-state index is -1.91. The van der Waals surface area contributed by atoms with E-state index in [-0.39, 0.29) is 13.1 Å². The molecule has 0 aromatic rings. The maximum atomic E-state index is 11.7. The van der Waals surface area contributed by atoms with Crippen molar-refractivity contribution in [2.45, 2.75) is 91.9 Å². The van der Waals surface area contributed by atoms with Crippen LogP contribution in [0.15, 0.2) is 10.2 Å². The zero-order valence-electron chi connectivity index (χ0n) is 22.7. The van der Waals surface area contributed by atoms with Crippen LogP contribution < -0.4 is 0 Å². The first-order valence-electron chi connectivity index (χ1n) is 11.8. The van der Waals surface area contributed by atoms with Crippen molar-refractivity contribution < 1.29 is 32.2 Å². The fourth-order valence-electron chi connectivity index (χ4n) is 3.75. The Hall–Kier alpha value is -0.161. The van der Waals surface area contributed by atoms with E-state index in [1.54, 1.807) is 13.8 Å². The van der Waals surface area contributed by atoms with Gasteiger partial charge in [0.25, 0.3) is 0 Å². The second-order valence-corrected chi connectivity index (χ2v) is 19.6. The fraction of sp³-hybridized carbons (Fsp3) is 0.818. The molecular formula is C22H44Cl2FeN4O4P2. The zero-order chi connectivity index (χ0) is 27.7.